The Morgan fingerprint density at radius 1 is 0.720 bits per heavy atom. The molecule has 0 aliphatic heterocycles. The second-order valence-electron chi connectivity index (χ2n) is 12.2. The fourth-order valence-corrected chi connectivity index (χ4v) is 8.59. The Morgan fingerprint density at radius 2 is 1.34 bits per heavy atom. The minimum atomic E-state index is -3.73. The zero-order valence-electron chi connectivity index (χ0n) is 27.0. The lowest BCUT2D eigenvalue weighted by atomic mass is 9.97. The number of hydrogen-bond acceptors (Lipinski definition) is 3. The first-order chi connectivity index (χ1) is 24.1. The third kappa shape index (κ3) is 8.43. The second-order valence-corrected chi connectivity index (χ2v) is 15.3. The van der Waals surface area contributed by atoms with E-state index in [1.807, 2.05) is 60.7 Å². The summed E-state index contributed by atoms with van der Waals surface area (Å²) >= 11 is 19.3. The molecule has 5 aromatic carbocycles. The molecule has 1 heterocycles. The zero-order chi connectivity index (χ0) is 35.3. The lowest BCUT2D eigenvalue weighted by Gasteiger charge is -2.25. The molecule has 0 spiro atoms. The molecule has 0 saturated carbocycles. The van der Waals surface area contributed by atoms with Crippen LogP contribution in [0.2, 0.25) is 15.1 Å². The van der Waals surface area contributed by atoms with Crippen molar-refractivity contribution in [2.45, 2.75) is 37.5 Å². The molecule has 6 nitrogen and oxygen atoms in total. The molecule has 0 unspecified atom stereocenters. The van der Waals surface area contributed by atoms with Crippen LogP contribution in [0.25, 0.3) is 10.9 Å². The fourth-order valence-electron chi connectivity index (χ4n) is 6.62. The molecule has 0 aliphatic carbocycles. The van der Waals surface area contributed by atoms with E-state index in [2.05, 4.69) is 39.6 Å². The summed E-state index contributed by atoms with van der Waals surface area (Å²) in [6.45, 7) is 0.157. The van der Waals surface area contributed by atoms with Gasteiger partial charge in [0.15, 0.2) is 0 Å². The maximum Gasteiger partial charge on any atom is 0.335 e. The van der Waals surface area contributed by atoms with Crippen LogP contribution in [0.1, 0.15) is 56.3 Å². The average Bonchev–Trinajstić information content (AvgIpc) is 3.39. The normalized spacial score (nSPS) is 11.8. The molecule has 0 atom stereocenters. The van der Waals surface area contributed by atoms with Gasteiger partial charge in [-0.3, -0.25) is 0 Å². The Labute approximate surface area is 307 Å². The number of hydrogen-bond donors (Lipinski definition) is 2. The number of aryl methyl sites for hydroxylation is 2. The first-order valence-corrected chi connectivity index (χ1v) is 19.0. The van der Waals surface area contributed by atoms with Crippen molar-refractivity contribution in [3.8, 4) is 0 Å². The predicted molar refractivity (Wildman–Crippen MR) is 203 cm³/mol. The molecule has 2 N–H and O–H groups in total. The van der Waals surface area contributed by atoms with E-state index < -0.39 is 16.0 Å². The number of carboxylic acids is 1. The van der Waals surface area contributed by atoms with E-state index in [9.17, 15) is 18.3 Å². The molecule has 6 aromatic rings. The van der Waals surface area contributed by atoms with Gasteiger partial charge in [0.1, 0.15) is 0 Å². The number of sulfonamides is 1. The summed E-state index contributed by atoms with van der Waals surface area (Å²) in [6.07, 6.45) is 2.57. The van der Waals surface area contributed by atoms with Crippen molar-refractivity contribution in [2.75, 3.05) is 6.54 Å². The van der Waals surface area contributed by atoms with Crippen molar-refractivity contribution < 1.29 is 18.3 Å². The van der Waals surface area contributed by atoms with Crippen LogP contribution in [-0.2, 0) is 35.0 Å². The Bertz CT molecular complexity index is 2160. The summed E-state index contributed by atoms with van der Waals surface area (Å²) in [5.74, 6) is -1.21. The van der Waals surface area contributed by atoms with Gasteiger partial charge >= 0.3 is 5.97 Å². The number of rotatable bonds is 14. The number of carboxylic acid groups (broad SMARTS) is 1. The van der Waals surface area contributed by atoms with E-state index in [1.165, 1.54) is 0 Å². The smallest absolute Gasteiger partial charge is 0.335 e. The number of nitrogens with zero attached hydrogens (tertiary/aromatic N) is 1. The van der Waals surface area contributed by atoms with Gasteiger partial charge in [0, 0.05) is 34.1 Å². The Kier molecular flexibility index (Phi) is 11.3. The van der Waals surface area contributed by atoms with E-state index >= 15 is 0 Å². The average molecular weight is 746 g/mol. The maximum atomic E-state index is 13.3. The third-order valence-corrected chi connectivity index (χ3v) is 10.8. The molecule has 50 heavy (non-hydrogen) atoms. The van der Waals surface area contributed by atoms with E-state index in [0.29, 0.717) is 33.5 Å². The third-order valence-electron chi connectivity index (χ3n) is 8.74. The number of carbonyl (C=O) groups is 1. The molecule has 1 aromatic heterocycles. The van der Waals surface area contributed by atoms with Crippen molar-refractivity contribution in [3.63, 3.8) is 0 Å². The Balaban J connectivity index is 1.40. The predicted octanol–water partition coefficient (Wildman–Crippen LogP) is 9.77. The Hall–Kier alpha value is -4.11. The van der Waals surface area contributed by atoms with Crippen LogP contribution in [0.4, 0.5) is 0 Å². The van der Waals surface area contributed by atoms with E-state index in [1.54, 1.807) is 30.3 Å². The van der Waals surface area contributed by atoms with Gasteiger partial charge in [-0.1, -0.05) is 114 Å². The summed E-state index contributed by atoms with van der Waals surface area (Å²) in [5, 5.41) is 11.6. The summed E-state index contributed by atoms with van der Waals surface area (Å²) in [4.78, 5) is 11.4. The first kappa shape index (κ1) is 35.7. The Morgan fingerprint density at radius 3 is 1.94 bits per heavy atom. The minimum absolute atomic E-state index is 0.157. The molecular weight excluding hydrogens is 711 g/mol. The minimum Gasteiger partial charge on any atom is -0.478 e. The number of nitrogens with one attached hydrogen (secondary N) is 1. The van der Waals surface area contributed by atoms with Gasteiger partial charge in [0.05, 0.1) is 27.9 Å². The summed E-state index contributed by atoms with van der Waals surface area (Å²) in [6, 6.07) is 37.9. The number of aromatic nitrogens is 1. The number of aromatic carboxylic acids is 1. The van der Waals surface area contributed by atoms with Crippen LogP contribution in [0.5, 0.6) is 0 Å². The first-order valence-electron chi connectivity index (χ1n) is 16.2. The lowest BCUT2D eigenvalue weighted by Crippen LogP contribution is -2.28. The van der Waals surface area contributed by atoms with Crippen molar-refractivity contribution in [3.05, 3.63) is 175 Å². The topological polar surface area (TPSA) is 88.4 Å². The fraction of sp³-hybridized carbons (Fsp3) is 0.175. The van der Waals surface area contributed by atoms with E-state index in [4.69, 9.17) is 34.8 Å². The van der Waals surface area contributed by atoms with Crippen molar-refractivity contribution in [1.82, 2.24) is 9.29 Å². The van der Waals surface area contributed by atoms with Crippen molar-refractivity contribution in [2.24, 2.45) is 0 Å². The van der Waals surface area contributed by atoms with Crippen LogP contribution in [0.3, 0.4) is 0 Å². The maximum absolute atomic E-state index is 13.3. The molecule has 6 rings (SSSR count). The summed E-state index contributed by atoms with van der Waals surface area (Å²) < 4.78 is 31.8. The highest BCUT2D eigenvalue weighted by Gasteiger charge is 2.26. The number of benzene rings is 5. The summed E-state index contributed by atoms with van der Waals surface area (Å²) in [5.41, 5.74) is 6.96. The lowest BCUT2D eigenvalue weighted by molar-refractivity contribution is 0.0697. The molecule has 0 amide bonds. The van der Waals surface area contributed by atoms with Gasteiger partial charge in [0.2, 0.25) is 10.0 Å². The molecule has 0 saturated heterocycles. The highest BCUT2D eigenvalue weighted by molar-refractivity contribution is 7.88. The molecule has 256 valence electrons. The van der Waals surface area contributed by atoms with Gasteiger partial charge in [0.25, 0.3) is 0 Å². The number of fused-ring (bicyclic) bond motifs is 1. The largest absolute Gasteiger partial charge is 0.478 e. The van der Waals surface area contributed by atoms with Gasteiger partial charge in [-0.2, -0.15) is 0 Å². The second kappa shape index (κ2) is 15.8. The SMILES string of the molecule is O=C(O)c1ccc(CCCc2c(CCNS(=O)(=O)Cc3cc(Cl)cc(Cl)c3)n(C(c3ccccc3)c3ccccc3)c3cccc(Cl)c23)cc1. The molecule has 0 radical (unpaired) electrons. The van der Waals surface area contributed by atoms with Crippen LogP contribution in [-0.4, -0.2) is 30.6 Å². The zero-order valence-corrected chi connectivity index (χ0v) is 30.1. The van der Waals surface area contributed by atoms with Gasteiger partial charge in [-0.05, 0) is 89.5 Å². The standard InChI is InChI=1S/C40H35Cl3N2O4S/c41-32-23-28(24-33(42)25-32)26-50(48,49)44-22-21-36-34(14-7-9-27-17-19-31(20-18-27)40(46)47)38-35(43)15-8-16-37(38)45(36)39(29-10-3-1-4-11-29)30-12-5-2-6-13-30/h1-6,8,10-13,15-20,23-25,39,44H,7,9,14,21-22,26H2,(H,46,47). The van der Waals surface area contributed by atoms with Crippen LogP contribution in [0, 0.1) is 0 Å². The van der Waals surface area contributed by atoms with Crippen LogP contribution >= 0.6 is 34.8 Å². The molecule has 0 aliphatic rings. The van der Waals surface area contributed by atoms with E-state index in [0.717, 1.165) is 51.7 Å². The quantitative estimate of drug-likeness (QED) is 0.116. The van der Waals surface area contributed by atoms with Gasteiger partial charge in [-0.15, -0.1) is 0 Å². The van der Waals surface area contributed by atoms with E-state index in [-0.39, 0.29) is 23.9 Å². The number of halogens is 3. The molecule has 10 heteroatoms. The summed E-state index contributed by atoms with van der Waals surface area (Å²) in [7, 11) is -3.73. The highest BCUT2D eigenvalue weighted by Crippen LogP contribution is 2.39. The van der Waals surface area contributed by atoms with Crippen molar-refractivity contribution >= 4 is 61.7 Å². The van der Waals surface area contributed by atoms with Crippen molar-refractivity contribution in [1.29, 1.82) is 0 Å². The molecule has 0 fully saturated rings. The molecular formula is C40H35Cl3N2O4S. The monoisotopic (exact) mass is 744 g/mol. The van der Waals surface area contributed by atoms with Gasteiger partial charge in [-0.25, -0.2) is 17.9 Å². The highest BCUT2D eigenvalue weighted by atomic mass is 35.5. The van der Waals surface area contributed by atoms with Crippen LogP contribution in [0.15, 0.2) is 121 Å². The molecule has 0 bridgehead atoms. The van der Waals surface area contributed by atoms with Gasteiger partial charge < -0.3 is 9.67 Å². The van der Waals surface area contributed by atoms with Crippen LogP contribution < -0.4 is 4.72 Å².